The van der Waals surface area contributed by atoms with Crippen molar-refractivity contribution in [2.75, 3.05) is 18.8 Å². The van der Waals surface area contributed by atoms with Crippen LogP contribution < -0.4 is 5.73 Å². The minimum atomic E-state index is -0.157. The van der Waals surface area contributed by atoms with E-state index in [1.54, 1.807) is 18.5 Å². The van der Waals surface area contributed by atoms with Crippen molar-refractivity contribution in [1.29, 1.82) is 0 Å². The lowest BCUT2D eigenvalue weighted by Crippen LogP contribution is -2.35. The molecule has 104 valence electrons. The first-order valence-corrected chi connectivity index (χ1v) is 7.12. The lowest BCUT2D eigenvalue weighted by molar-refractivity contribution is -0.0668. The number of aromatic nitrogens is 2. The normalized spacial score (nSPS) is 23.6. The van der Waals surface area contributed by atoms with Crippen molar-refractivity contribution in [2.24, 2.45) is 0 Å². The number of nitrogens with zero attached hydrogens (tertiary/aromatic N) is 3. The summed E-state index contributed by atoms with van der Waals surface area (Å²) in [5.41, 5.74) is 7.65. The number of ether oxygens (including phenoxy) is 1. The van der Waals surface area contributed by atoms with Crippen LogP contribution >= 0.6 is 16.1 Å². The van der Waals surface area contributed by atoms with Gasteiger partial charge in [0.2, 0.25) is 0 Å². The van der Waals surface area contributed by atoms with Gasteiger partial charge in [0.1, 0.15) is 6.10 Å². The van der Waals surface area contributed by atoms with Gasteiger partial charge in [0, 0.05) is 47.3 Å². The van der Waals surface area contributed by atoms with Crippen molar-refractivity contribution in [3.8, 4) is 0 Å². The largest absolute Gasteiger partial charge is 0.399 e. The molecular formula is C14H15BrN4O. The highest BCUT2D eigenvalue weighted by atomic mass is 79.9. The number of hydrogen-bond donors (Lipinski definition) is 1. The molecule has 5 nitrogen and oxygen atoms in total. The van der Waals surface area contributed by atoms with Crippen molar-refractivity contribution < 1.29 is 4.74 Å². The van der Waals surface area contributed by atoms with Crippen molar-refractivity contribution in [2.45, 2.75) is 12.2 Å². The monoisotopic (exact) mass is 334 g/mol. The quantitative estimate of drug-likeness (QED) is 0.675. The Hall–Kier alpha value is -1.50. The van der Waals surface area contributed by atoms with Crippen LogP contribution in [-0.2, 0) is 4.74 Å². The van der Waals surface area contributed by atoms with Gasteiger partial charge in [0.15, 0.2) is 5.82 Å². The summed E-state index contributed by atoms with van der Waals surface area (Å²) < 4.78 is 8.18. The Morgan fingerprint density at radius 1 is 1.15 bits per heavy atom. The fourth-order valence-corrected chi connectivity index (χ4v) is 2.81. The summed E-state index contributed by atoms with van der Waals surface area (Å²) in [7, 11) is 0. The van der Waals surface area contributed by atoms with Crippen LogP contribution in [0.25, 0.3) is 0 Å². The lowest BCUT2D eigenvalue weighted by atomic mass is 10.1. The minimum absolute atomic E-state index is 0.0552. The standard InChI is InChI=1S/C14H15BrN4O/c15-19-8-12(10-3-1-4-11(16)7-10)20-13(9-19)14-17-5-2-6-18-14/h1-7,12-13H,8-9,16H2. The summed E-state index contributed by atoms with van der Waals surface area (Å²) in [5.74, 6) is 0.700. The first kappa shape index (κ1) is 13.5. The molecule has 0 spiro atoms. The second-order valence-corrected chi connectivity index (χ2v) is 5.72. The fraction of sp³-hybridized carbons (Fsp3) is 0.286. The number of benzene rings is 1. The molecule has 2 atom stereocenters. The Labute approximate surface area is 126 Å². The van der Waals surface area contributed by atoms with Crippen LogP contribution in [0.1, 0.15) is 23.6 Å². The molecular weight excluding hydrogens is 320 g/mol. The van der Waals surface area contributed by atoms with Gasteiger partial charge >= 0.3 is 0 Å². The number of hydrogen-bond acceptors (Lipinski definition) is 5. The van der Waals surface area contributed by atoms with E-state index in [0.29, 0.717) is 12.4 Å². The molecule has 0 bridgehead atoms. The van der Waals surface area contributed by atoms with E-state index in [1.807, 2.05) is 28.2 Å². The predicted molar refractivity (Wildman–Crippen MR) is 80.0 cm³/mol. The van der Waals surface area contributed by atoms with Gasteiger partial charge in [-0.2, -0.15) is 0 Å². The molecule has 1 fully saturated rings. The third kappa shape index (κ3) is 2.98. The molecule has 1 aliphatic heterocycles. The minimum Gasteiger partial charge on any atom is -0.399 e. The first-order valence-electron chi connectivity index (χ1n) is 6.41. The molecule has 2 aromatic rings. The molecule has 1 saturated heterocycles. The number of halogens is 1. The number of nitrogens with two attached hydrogens (primary N) is 1. The predicted octanol–water partition coefficient (Wildman–Crippen LogP) is 2.48. The van der Waals surface area contributed by atoms with Crippen molar-refractivity contribution in [1.82, 2.24) is 13.9 Å². The molecule has 2 N–H and O–H groups in total. The summed E-state index contributed by atoms with van der Waals surface area (Å²) in [6, 6.07) is 9.58. The average molecular weight is 335 g/mol. The fourth-order valence-electron chi connectivity index (χ4n) is 2.28. The van der Waals surface area contributed by atoms with E-state index < -0.39 is 0 Å². The van der Waals surface area contributed by atoms with E-state index in [2.05, 4.69) is 26.1 Å². The van der Waals surface area contributed by atoms with E-state index in [0.717, 1.165) is 17.8 Å². The third-order valence-corrected chi connectivity index (χ3v) is 3.79. The van der Waals surface area contributed by atoms with E-state index in [9.17, 15) is 0 Å². The molecule has 1 aromatic carbocycles. The lowest BCUT2D eigenvalue weighted by Gasteiger charge is -2.34. The van der Waals surface area contributed by atoms with Gasteiger partial charge in [-0.1, -0.05) is 12.1 Å². The van der Waals surface area contributed by atoms with Gasteiger partial charge in [-0.15, -0.1) is 0 Å². The summed E-state index contributed by atoms with van der Waals surface area (Å²) in [4.78, 5) is 8.55. The number of morpholine rings is 1. The highest BCUT2D eigenvalue weighted by Gasteiger charge is 2.30. The van der Waals surface area contributed by atoms with Gasteiger partial charge in [-0.3, -0.25) is 0 Å². The van der Waals surface area contributed by atoms with Gasteiger partial charge in [-0.05, 0) is 23.8 Å². The van der Waals surface area contributed by atoms with E-state index in [4.69, 9.17) is 10.5 Å². The number of nitrogen functional groups attached to an aromatic ring is 1. The van der Waals surface area contributed by atoms with Gasteiger partial charge in [0.05, 0.1) is 6.10 Å². The van der Waals surface area contributed by atoms with Gasteiger partial charge in [-0.25, -0.2) is 13.9 Å². The average Bonchev–Trinajstić information content (AvgIpc) is 2.47. The van der Waals surface area contributed by atoms with Crippen LogP contribution in [0.3, 0.4) is 0 Å². The molecule has 0 radical (unpaired) electrons. The third-order valence-electron chi connectivity index (χ3n) is 3.21. The van der Waals surface area contributed by atoms with Crippen LogP contribution in [0.5, 0.6) is 0 Å². The SMILES string of the molecule is Nc1cccc(C2CN(Br)CC(c3ncccn3)O2)c1. The van der Waals surface area contributed by atoms with E-state index in [-0.39, 0.29) is 12.2 Å². The van der Waals surface area contributed by atoms with Crippen molar-refractivity contribution in [3.63, 3.8) is 0 Å². The van der Waals surface area contributed by atoms with Crippen LogP contribution in [0.4, 0.5) is 5.69 Å². The molecule has 0 aliphatic carbocycles. The molecule has 0 amide bonds. The topological polar surface area (TPSA) is 64.3 Å². The zero-order valence-corrected chi connectivity index (χ0v) is 12.4. The smallest absolute Gasteiger partial charge is 0.158 e. The molecule has 2 unspecified atom stereocenters. The zero-order valence-electron chi connectivity index (χ0n) is 10.8. The molecule has 20 heavy (non-hydrogen) atoms. The summed E-state index contributed by atoms with van der Waals surface area (Å²) in [6.45, 7) is 1.47. The summed E-state index contributed by atoms with van der Waals surface area (Å²) in [6.07, 6.45) is 3.25. The molecule has 6 heteroatoms. The van der Waals surface area contributed by atoms with Crippen LogP contribution in [0.15, 0.2) is 42.7 Å². The Balaban J connectivity index is 1.83. The Morgan fingerprint density at radius 3 is 2.65 bits per heavy atom. The molecule has 0 saturated carbocycles. The zero-order chi connectivity index (χ0) is 13.9. The van der Waals surface area contributed by atoms with Gasteiger partial charge in [0.25, 0.3) is 0 Å². The van der Waals surface area contributed by atoms with Crippen molar-refractivity contribution >= 4 is 21.8 Å². The van der Waals surface area contributed by atoms with Crippen LogP contribution in [0.2, 0.25) is 0 Å². The Kier molecular flexibility index (Phi) is 3.95. The molecule has 1 aromatic heterocycles. The summed E-state index contributed by atoms with van der Waals surface area (Å²) >= 11 is 3.55. The maximum atomic E-state index is 6.13. The Morgan fingerprint density at radius 2 is 1.90 bits per heavy atom. The number of anilines is 1. The highest BCUT2D eigenvalue weighted by Crippen LogP contribution is 2.33. The molecule has 2 heterocycles. The van der Waals surface area contributed by atoms with E-state index in [1.165, 1.54) is 0 Å². The molecule has 1 aliphatic rings. The molecule has 3 rings (SSSR count). The van der Waals surface area contributed by atoms with Crippen LogP contribution in [-0.4, -0.2) is 27.0 Å². The first-order chi connectivity index (χ1) is 9.72. The van der Waals surface area contributed by atoms with Gasteiger partial charge < -0.3 is 10.5 Å². The number of rotatable bonds is 2. The van der Waals surface area contributed by atoms with Crippen LogP contribution in [0, 0.1) is 0 Å². The summed E-state index contributed by atoms with van der Waals surface area (Å²) in [5, 5.41) is 0. The van der Waals surface area contributed by atoms with E-state index >= 15 is 0 Å². The Bertz CT molecular complexity index is 580. The maximum Gasteiger partial charge on any atom is 0.158 e. The second-order valence-electron chi connectivity index (χ2n) is 4.72. The second kappa shape index (κ2) is 5.87. The van der Waals surface area contributed by atoms with Crippen molar-refractivity contribution in [3.05, 3.63) is 54.1 Å². The maximum absolute atomic E-state index is 6.13. The highest BCUT2D eigenvalue weighted by molar-refractivity contribution is 9.07.